The Labute approximate surface area is 185 Å². The average molecular weight is 465 g/mol. The zero-order valence-corrected chi connectivity index (χ0v) is 18.6. The van der Waals surface area contributed by atoms with Gasteiger partial charge in [0.1, 0.15) is 12.2 Å². The van der Waals surface area contributed by atoms with Crippen LogP contribution < -0.4 is 15.4 Å². The summed E-state index contributed by atoms with van der Waals surface area (Å²) in [5.41, 5.74) is 1.34. The van der Waals surface area contributed by atoms with Gasteiger partial charge in [0.2, 0.25) is 10.0 Å². The molecule has 0 saturated carbocycles. The molecule has 2 aromatic carbocycles. The van der Waals surface area contributed by atoms with Crippen LogP contribution in [-0.4, -0.2) is 45.4 Å². The van der Waals surface area contributed by atoms with E-state index in [1.165, 1.54) is 13.1 Å². The van der Waals surface area contributed by atoms with Gasteiger partial charge < -0.3 is 15.4 Å². The lowest BCUT2D eigenvalue weighted by Gasteiger charge is -2.10. The zero-order valence-electron chi connectivity index (χ0n) is 17.7. The van der Waals surface area contributed by atoms with Crippen molar-refractivity contribution in [1.82, 2.24) is 4.72 Å². The van der Waals surface area contributed by atoms with Crippen LogP contribution in [0.25, 0.3) is 0 Å². The molecule has 0 spiro atoms. The summed E-state index contributed by atoms with van der Waals surface area (Å²) in [6, 6.07) is 10.5. The van der Waals surface area contributed by atoms with Crippen LogP contribution >= 0.6 is 0 Å². The van der Waals surface area contributed by atoms with Crippen molar-refractivity contribution in [1.29, 1.82) is 0 Å². The number of nitrogens with one attached hydrogen (secondary N) is 3. The fraction of sp³-hybridized carbons (Fsp3) is 0.300. The van der Waals surface area contributed by atoms with Crippen molar-refractivity contribution in [3.8, 4) is 0 Å². The number of nitro groups is 1. The molecule has 0 fully saturated rings. The summed E-state index contributed by atoms with van der Waals surface area (Å²) in [6.07, 6.45) is 0. The molecule has 0 radical (unpaired) electrons. The zero-order chi connectivity index (χ0) is 23.9. The Morgan fingerprint density at radius 3 is 2.34 bits per heavy atom. The van der Waals surface area contributed by atoms with Gasteiger partial charge in [0.05, 0.1) is 9.82 Å². The number of carbonyl (C=O) groups is 2. The molecule has 2 rings (SSSR count). The van der Waals surface area contributed by atoms with Crippen LogP contribution in [0.5, 0.6) is 0 Å². The van der Waals surface area contributed by atoms with Gasteiger partial charge in [-0.2, -0.15) is 4.72 Å². The van der Waals surface area contributed by atoms with Crippen LogP contribution in [0.4, 0.5) is 17.1 Å². The smallest absolute Gasteiger partial charge is 0.321 e. The van der Waals surface area contributed by atoms with E-state index in [0.717, 1.165) is 17.7 Å². The minimum absolute atomic E-state index is 0.137. The number of hydrogen-bond donors (Lipinski definition) is 3. The third-order valence-electron chi connectivity index (χ3n) is 4.38. The van der Waals surface area contributed by atoms with Crippen LogP contribution in [0.15, 0.2) is 47.4 Å². The van der Waals surface area contributed by atoms with Gasteiger partial charge in [-0.3, -0.25) is 19.7 Å². The SMILES string of the molecule is CNc1ccc(S(=O)(=O)NCC(=O)OCC(=O)Nc2ccc(C(C)C)cc2)cc1[N+](=O)[O-]. The Balaban J connectivity index is 1.88. The third kappa shape index (κ3) is 6.75. The van der Waals surface area contributed by atoms with Gasteiger partial charge in [-0.25, -0.2) is 8.42 Å². The lowest BCUT2D eigenvalue weighted by atomic mass is 10.0. The van der Waals surface area contributed by atoms with Gasteiger partial charge in [0.25, 0.3) is 11.6 Å². The van der Waals surface area contributed by atoms with Crippen LogP contribution in [0, 0.1) is 10.1 Å². The summed E-state index contributed by atoms with van der Waals surface area (Å²) < 4.78 is 31.4. The molecule has 2 aromatic rings. The molecule has 12 heteroatoms. The van der Waals surface area contributed by atoms with Crippen LogP contribution in [0.1, 0.15) is 25.3 Å². The number of ether oxygens (including phenoxy) is 1. The van der Waals surface area contributed by atoms with Gasteiger partial charge in [0, 0.05) is 18.8 Å². The molecular formula is C20H24N4O7S. The first-order chi connectivity index (χ1) is 15.0. The number of benzene rings is 2. The van der Waals surface area contributed by atoms with E-state index in [2.05, 4.69) is 10.6 Å². The van der Waals surface area contributed by atoms with E-state index in [4.69, 9.17) is 4.74 Å². The Bertz CT molecular complexity index is 1100. The highest BCUT2D eigenvalue weighted by molar-refractivity contribution is 7.89. The van der Waals surface area contributed by atoms with Crippen molar-refractivity contribution in [2.75, 3.05) is 30.8 Å². The summed E-state index contributed by atoms with van der Waals surface area (Å²) in [5, 5.41) is 16.2. The number of nitrogens with zero attached hydrogens (tertiary/aromatic N) is 1. The Morgan fingerprint density at radius 1 is 1.12 bits per heavy atom. The predicted molar refractivity (Wildman–Crippen MR) is 118 cm³/mol. The second kappa shape index (κ2) is 10.7. The fourth-order valence-electron chi connectivity index (χ4n) is 2.62. The minimum Gasteiger partial charge on any atom is -0.455 e. The van der Waals surface area contributed by atoms with Crippen molar-refractivity contribution >= 4 is 39.0 Å². The summed E-state index contributed by atoms with van der Waals surface area (Å²) in [4.78, 5) is 33.7. The molecule has 0 saturated heterocycles. The maximum absolute atomic E-state index is 12.3. The maximum Gasteiger partial charge on any atom is 0.321 e. The molecule has 0 aliphatic rings. The molecule has 0 heterocycles. The Morgan fingerprint density at radius 2 is 1.78 bits per heavy atom. The normalized spacial score (nSPS) is 11.1. The minimum atomic E-state index is -4.22. The molecule has 172 valence electrons. The molecule has 0 aromatic heterocycles. The van der Waals surface area contributed by atoms with Crippen LogP contribution in [0.2, 0.25) is 0 Å². The second-order valence-corrected chi connectivity index (χ2v) is 8.76. The van der Waals surface area contributed by atoms with Crippen molar-refractivity contribution in [3.05, 3.63) is 58.1 Å². The predicted octanol–water partition coefficient (Wildman–Crippen LogP) is 2.22. The molecule has 0 bridgehead atoms. The topological polar surface area (TPSA) is 157 Å². The summed E-state index contributed by atoms with van der Waals surface area (Å²) >= 11 is 0. The van der Waals surface area contributed by atoms with Gasteiger partial charge in [-0.15, -0.1) is 0 Å². The molecular weight excluding hydrogens is 440 g/mol. The molecule has 3 N–H and O–H groups in total. The summed E-state index contributed by atoms with van der Waals surface area (Å²) in [5.74, 6) is -1.23. The number of hydrogen-bond acceptors (Lipinski definition) is 8. The van der Waals surface area contributed by atoms with E-state index in [9.17, 15) is 28.1 Å². The number of carbonyl (C=O) groups excluding carboxylic acids is 2. The number of amides is 1. The lowest BCUT2D eigenvalue weighted by molar-refractivity contribution is -0.384. The first-order valence-corrected chi connectivity index (χ1v) is 11.0. The highest BCUT2D eigenvalue weighted by Crippen LogP contribution is 2.27. The summed E-state index contributed by atoms with van der Waals surface area (Å²) in [6.45, 7) is 2.73. The second-order valence-electron chi connectivity index (χ2n) is 7.00. The highest BCUT2D eigenvalue weighted by Gasteiger charge is 2.22. The third-order valence-corrected chi connectivity index (χ3v) is 5.78. The summed E-state index contributed by atoms with van der Waals surface area (Å²) in [7, 11) is -2.76. The largest absolute Gasteiger partial charge is 0.455 e. The van der Waals surface area contributed by atoms with Crippen molar-refractivity contribution in [2.45, 2.75) is 24.7 Å². The number of esters is 1. The van der Waals surface area contributed by atoms with Crippen LogP contribution in [0.3, 0.4) is 0 Å². The highest BCUT2D eigenvalue weighted by atomic mass is 32.2. The quantitative estimate of drug-likeness (QED) is 0.274. The first kappa shape index (κ1) is 24.8. The van der Waals surface area contributed by atoms with E-state index in [0.29, 0.717) is 11.6 Å². The van der Waals surface area contributed by atoms with E-state index in [1.807, 2.05) is 30.7 Å². The van der Waals surface area contributed by atoms with Gasteiger partial charge in [-0.1, -0.05) is 26.0 Å². The monoisotopic (exact) mass is 464 g/mol. The van der Waals surface area contributed by atoms with Gasteiger partial charge in [-0.05, 0) is 35.7 Å². The average Bonchev–Trinajstić information content (AvgIpc) is 2.76. The van der Waals surface area contributed by atoms with E-state index >= 15 is 0 Å². The molecule has 0 unspecified atom stereocenters. The molecule has 32 heavy (non-hydrogen) atoms. The van der Waals surface area contributed by atoms with E-state index in [-0.39, 0.29) is 5.69 Å². The fourth-order valence-corrected chi connectivity index (χ4v) is 3.61. The molecule has 0 aliphatic carbocycles. The van der Waals surface area contributed by atoms with Gasteiger partial charge >= 0.3 is 5.97 Å². The number of nitro benzene ring substituents is 1. The van der Waals surface area contributed by atoms with Crippen molar-refractivity contribution in [3.63, 3.8) is 0 Å². The van der Waals surface area contributed by atoms with Crippen molar-refractivity contribution < 1.29 is 27.7 Å². The van der Waals surface area contributed by atoms with E-state index in [1.54, 1.807) is 12.1 Å². The molecule has 0 atom stereocenters. The van der Waals surface area contributed by atoms with Crippen molar-refractivity contribution in [2.24, 2.45) is 0 Å². The maximum atomic E-state index is 12.3. The Hall–Kier alpha value is -3.51. The molecule has 0 aliphatic heterocycles. The lowest BCUT2D eigenvalue weighted by Crippen LogP contribution is -2.32. The van der Waals surface area contributed by atoms with Gasteiger partial charge in [0.15, 0.2) is 6.61 Å². The molecule has 11 nitrogen and oxygen atoms in total. The Kier molecular flexibility index (Phi) is 8.27. The first-order valence-electron chi connectivity index (χ1n) is 9.54. The molecule has 1 amide bonds. The van der Waals surface area contributed by atoms with E-state index < -0.39 is 50.6 Å². The number of rotatable bonds is 10. The standard InChI is InChI=1S/C20H24N4O7S/c1-13(2)14-4-6-15(7-5-14)23-19(25)12-31-20(26)11-22-32(29,30)16-8-9-17(21-3)18(10-16)24(27)28/h4-10,13,21-22H,11-12H2,1-3H3,(H,23,25). The number of anilines is 2. The number of sulfonamides is 1. The van der Waals surface area contributed by atoms with Crippen LogP contribution in [-0.2, 0) is 24.3 Å².